The highest BCUT2D eigenvalue weighted by atomic mass is 15.1. The van der Waals surface area contributed by atoms with Crippen LogP contribution in [0.3, 0.4) is 0 Å². The van der Waals surface area contributed by atoms with Crippen molar-refractivity contribution < 1.29 is 0 Å². The molecule has 1 unspecified atom stereocenters. The van der Waals surface area contributed by atoms with E-state index in [4.69, 9.17) is 0 Å². The maximum absolute atomic E-state index is 2.61. The summed E-state index contributed by atoms with van der Waals surface area (Å²) < 4.78 is 0. The molecule has 1 heterocycles. The fraction of sp³-hybridized carbons (Fsp3) is 0.857. The van der Waals surface area contributed by atoms with Gasteiger partial charge in [-0.1, -0.05) is 26.8 Å². The van der Waals surface area contributed by atoms with Crippen LogP contribution >= 0.6 is 0 Å². The van der Waals surface area contributed by atoms with E-state index in [-0.39, 0.29) is 0 Å². The molecular weight excluding hydrogens is 182 g/mol. The van der Waals surface area contributed by atoms with Crippen LogP contribution in [0, 0.1) is 11.3 Å². The van der Waals surface area contributed by atoms with E-state index < -0.39 is 0 Å². The summed E-state index contributed by atoms with van der Waals surface area (Å²) >= 11 is 0. The lowest BCUT2D eigenvalue weighted by molar-refractivity contribution is 0.210. The van der Waals surface area contributed by atoms with Crippen molar-refractivity contribution >= 4 is 0 Å². The molecule has 2 aliphatic rings. The normalized spacial score (nSPS) is 28.1. The second kappa shape index (κ2) is 4.19. The Balaban J connectivity index is 1.94. The van der Waals surface area contributed by atoms with Crippen LogP contribution in [0.1, 0.15) is 52.9 Å². The van der Waals surface area contributed by atoms with E-state index in [2.05, 4.69) is 31.7 Å². The quantitative estimate of drug-likeness (QED) is 0.632. The van der Waals surface area contributed by atoms with Gasteiger partial charge in [0.05, 0.1) is 0 Å². The van der Waals surface area contributed by atoms with Crippen molar-refractivity contribution in [3.8, 4) is 0 Å². The molecule has 86 valence electrons. The van der Waals surface area contributed by atoms with Gasteiger partial charge in [0.2, 0.25) is 0 Å². The number of rotatable bonds is 1. The maximum Gasteiger partial charge on any atom is 0.0175 e. The molecule has 0 saturated carbocycles. The van der Waals surface area contributed by atoms with Crippen LogP contribution in [-0.4, -0.2) is 18.0 Å². The largest absolute Gasteiger partial charge is 0.375 e. The minimum atomic E-state index is 0.493. The molecule has 0 spiro atoms. The molecule has 0 aromatic heterocycles. The topological polar surface area (TPSA) is 3.24 Å². The van der Waals surface area contributed by atoms with Gasteiger partial charge >= 0.3 is 0 Å². The van der Waals surface area contributed by atoms with E-state index in [0.717, 1.165) is 5.92 Å². The van der Waals surface area contributed by atoms with Crippen molar-refractivity contribution in [2.75, 3.05) is 13.1 Å². The third kappa shape index (κ3) is 2.56. The lowest BCUT2D eigenvalue weighted by atomic mass is 9.74. The van der Waals surface area contributed by atoms with Gasteiger partial charge in [0, 0.05) is 18.8 Å². The first-order valence-electron chi connectivity index (χ1n) is 6.51. The van der Waals surface area contributed by atoms with Crippen LogP contribution in [0.2, 0.25) is 0 Å². The highest BCUT2D eigenvalue weighted by Crippen LogP contribution is 2.38. The lowest BCUT2D eigenvalue weighted by Crippen LogP contribution is -2.26. The van der Waals surface area contributed by atoms with Crippen LogP contribution in [0.15, 0.2) is 11.8 Å². The van der Waals surface area contributed by atoms with Crippen LogP contribution in [0.4, 0.5) is 0 Å². The van der Waals surface area contributed by atoms with Crippen molar-refractivity contribution in [2.24, 2.45) is 11.3 Å². The Morgan fingerprint density at radius 2 is 1.87 bits per heavy atom. The van der Waals surface area contributed by atoms with Crippen molar-refractivity contribution in [1.82, 2.24) is 4.90 Å². The van der Waals surface area contributed by atoms with Gasteiger partial charge in [-0.15, -0.1) is 0 Å². The minimum Gasteiger partial charge on any atom is -0.375 e. The van der Waals surface area contributed by atoms with Gasteiger partial charge < -0.3 is 4.90 Å². The Labute approximate surface area is 94.5 Å². The minimum absolute atomic E-state index is 0.493. The van der Waals surface area contributed by atoms with Crippen LogP contribution < -0.4 is 0 Å². The molecule has 0 aromatic carbocycles. The Hall–Kier alpha value is -0.460. The Kier molecular flexibility index (Phi) is 3.08. The first-order valence-corrected chi connectivity index (χ1v) is 6.51. The predicted molar refractivity (Wildman–Crippen MR) is 65.7 cm³/mol. The third-order valence-corrected chi connectivity index (χ3v) is 4.12. The number of hydrogen-bond donors (Lipinski definition) is 0. The standard InChI is InChI=1S/C14H25N/c1-14(2,3)12-6-8-13(9-7-12)15-10-4-5-11-15/h8,12H,4-7,9-11H2,1-3H3. The monoisotopic (exact) mass is 207 g/mol. The highest BCUT2D eigenvalue weighted by Gasteiger charge is 2.27. The van der Waals surface area contributed by atoms with Crippen molar-refractivity contribution in [3.05, 3.63) is 11.8 Å². The Morgan fingerprint density at radius 1 is 1.20 bits per heavy atom. The van der Waals surface area contributed by atoms with Gasteiger partial charge in [0.25, 0.3) is 0 Å². The average Bonchev–Trinajstić information content (AvgIpc) is 2.69. The van der Waals surface area contributed by atoms with Gasteiger partial charge in [-0.2, -0.15) is 0 Å². The number of allylic oxidation sites excluding steroid dienone is 2. The van der Waals surface area contributed by atoms with Gasteiger partial charge in [0.15, 0.2) is 0 Å². The smallest absolute Gasteiger partial charge is 0.0175 e. The van der Waals surface area contributed by atoms with E-state index >= 15 is 0 Å². The molecule has 0 N–H and O–H groups in total. The molecule has 1 aliphatic carbocycles. The van der Waals surface area contributed by atoms with E-state index in [1.54, 1.807) is 5.70 Å². The molecule has 1 nitrogen and oxygen atoms in total. The summed E-state index contributed by atoms with van der Waals surface area (Å²) in [5.74, 6) is 0.892. The van der Waals surface area contributed by atoms with E-state index in [0.29, 0.717) is 5.41 Å². The summed E-state index contributed by atoms with van der Waals surface area (Å²) in [4.78, 5) is 2.61. The van der Waals surface area contributed by atoms with Crippen LogP contribution in [0.25, 0.3) is 0 Å². The summed E-state index contributed by atoms with van der Waals surface area (Å²) in [7, 11) is 0. The average molecular weight is 207 g/mol. The maximum atomic E-state index is 2.61. The lowest BCUT2D eigenvalue weighted by Gasteiger charge is -2.35. The summed E-state index contributed by atoms with van der Waals surface area (Å²) in [5, 5.41) is 0. The molecule has 1 atom stereocenters. The molecule has 2 rings (SSSR count). The van der Waals surface area contributed by atoms with Gasteiger partial charge in [-0.3, -0.25) is 0 Å². The van der Waals surface area contributed by atoms with E-state index in [9.17, 15) is 0 Å². The molecule has 1 saturated heterocycles. The highest BCUT2D eigenvalue weighted by molar-refractivity contribution is 5.08. The Morgan fingerprint density at radius 3 is 2.33 bits per heavy atom. The molecule has 1 heteroatoms. The zero-order valence-corrected chi connectivity index (χ0v) is 10.6. The molecule has 15 heavy (non-hydrogen) atoms. The zero-order chi connectivity index (χ0) is 10.9. The van der Waals surface area contributed by atoms with Gasteiger partial charge in [-0.25, -0.2) is 0 Å². The summed E-state index contributed by atoms with van der Waals surface area (Å²) in [6.45, 7) is 9.77. The first kappa shape index (κ1) is 11.0. The van der Waals surface area contributed by atoms with Crippen molar-refractivity contribution in [2.45, 2.75) is 52.9 Å². The van der Waals surface area contributed by atoms with E-state index in [1.165, 1.54) is 45.2 Å². The second-order valence-electron chi connectivity index (χ2n) is 6.23. The summed E-state index contributed by atoms with van der Waals surface area (Å²) in [5.41, 5.74) is 2.14. The predicted octanol–water partition coefficient (Wildman–Crippen LogP) is 3.81. The SMILES string of the molecule is CC(C)(C)C1CC=C(N2CCCC2)CC1. The van der Waals surface area contributed by atoms with Gasteiger partial charge in [0.1, 0.15) is 0 Å². The van der Waals surface area contributed by atoms with Crippen LogP contribution in [-0.2, 0) is 0 Å². The first-order chi connectivity index (χ1) is 7.07. The molecule has 1 aliphatic heterocycles. The molecule has 0 amide bonds. The summed E-state index contributed by atoms with van der Waals surface area (Å²) in [6.07, 6.45) is 9.34. The van der Waals surface area contributed by atoms with Crippen molar-refractivity contribution in [3.63, 3.8) is 0 Å². The number of likely N-dealkylation sites (tertiary alicyclic amines) is 1. The van der Waals surface area contributed by atoms with E-state index in [1.807, 2.05) is 0 Å². The van der Waals surface area contributed by atoms with Gasteiger partial charge in [-0.05, 0) is 43.4 Å². The number of nitrogens with zero attached hydrogens (tertiary/aromatic N) is 1. The second-order valence-corrected chi connectivity index (χ2v) is 6.23. The fourth-order valence-corrected chi connectivity index (χ4v) is 2.90. The zero-order valence-electron chi connectivity index (χ0n) is 10.6. The number of hydrogen-bond acceptors (Lipinski definition) is 1. The molecule has 0 aromatic rings. The fourth-order valence-electron chi connectivity index (χ4n) is 2.90. The van der Waals surface area contributed by atoms with Crippen molar-refractivity contribution in [1.29, 1.82) is 0 Å². The third-order valence-electron chi connectivity index (χ3n) is 4.12. The summed E-state index contributed by atoms with van der Waals surface area (Å²) in [6, 6.07) is 0. The Bertz CT molecular complexity index is 241. The van der Waals surface area contributed by atoms with Crippen LogP contribution in [0.5, 0.6) is 0 Å². The molecule has 0 radical (unpaired) electrons. The molecule has 1 fully saturated rings. The molecular formula is C14H25N. The molecule has 0 bridgehead atoms.